The molecule has 1 nitrogen and oxygen atoms in total. The van der Waals surface area contributed by atoms with Crippen molar-refractivity contribution in [3.63, 3.8) is 0 Å². The van der Waals surface area contributed by atoms with Gasteiger partial charge in [0.2, 0.25) is 0 Å². The normalized spacial score (nSPS) is 56.5. The zero-order valence-corrected chi connectivity index (χ0v) is 13.4. The molecular formula is C18H32O. The summed E-state index contributed by atoms with van der Waals surface area (Å²) in [4.78, 5) is 0. The highest BCUT2D eigenvalue weighted by Gasteiger charge is 2.63. The Bertz CT molecular complexity index is 361. The molecule has 7 atom stereocenters. The molecule has 1 N–H and O–H groups in total. The Labute approximate surface area is 119 Å². The van der Waals surface area contributed by atoms with Crippen LogP contribution in [0.5, 0.6) is 0 Å². The van der Waals surface area contributed by atoms with Gasteiger partial charge in [0.15, 0.2) is 0 Å². The molecule has 0 radical (unpaired) electrons. The quantitative estimate of drug-likeness (QED) is 0.739. The van der Waals surface area contributed by atoms with Crippen molar-refractivity contribution in [1.29, 1.82) is 0 Å². The number of rotatable bonds is 1. The summed E-state index contributed by atoms with van der Waals surface area (Å²) in [6, 6.07) is 0. The molecule has 1 heteroatoms. The second-order valence-corrected chi connectivity index (χ2v) is 8.87. The summed E-state index contributed by atoms with van der Waals surface area (Å²) in [7, 11) is 0. The van der Waals surface area contributed by atoms with Crippen molar-refractivity contribution in [2.45, 2.75) is 72.8 Å². The van der Waals surface area contributed by atoms with E-state index in [1.54, 1.807) is 0 Å². The minimum Gasteiger partial charge on any atom is -0.393 e. The number of aliphatic hydroxyl groups excluding tert-OH is 1. The topological polar surface area (TPSA) is 20.2 Å². The van der Waals surface area contributed by atoms with Gasteiger partial charge in [-0.25, -0.2) is 0 Å². The fourth-order valence-electron chi connectivity index (χ4n) is 5.95. The van der Waals surface area contributed by atoms with Crippen LogP contribution < -0.4 is 0 Å². The van der Waals surface area contributed by atoms with Crippen LogP contribution >= 0.6 is 0 Å². The molecule has 0 aromatic rings. The monoisotopic (exact) mass is 264 g/mol. The van der Waals surface area contributed by atoms with Gasteiger partial charge in [-0.3, -0.25) is 0 Å². The second-order valence-electron chi connectivity index (χ2n) is 8.87. The van der Waals surface area contributed by atoms with Gasteiger partial charge in [0, 0.05) is 0 Å². The highest BCUT2D eigenvalue weighted by Crippen LogP contribution is 2.70. The molecule has 0 aromatic carbocycles. The Morgan fingerprint density at radius 1 is 0.947 bits per heavy atom. The van der Waals surface area contributed by atoms with E-state index in [0.717, 1.165) is 24.2 Å². The van der Waals surface area contributed by atoms with E-state index in [2.05, 4.69) is 34.6 Å². The molecule has 0 aliphatic heterocycles. The van der Waals surface area contributed by atoms with Gasteiger partial charge in [-0.15, -0.1) is 0 Å². The molecule has 3 rings (SSSR count). The highest BCUT2D eigenvalue weighted by molar-refractivity contribution is 5.12. The first kappa shape index (κ1) is 13.9. The summed E-state index contributed by atoms with van der Waals surface area (Å²) < 4.78 is 0. The SMILES string of the molecule is C[C@@H]1C[C@@H]([C@H]2C[C@H]3CC[C@@]2(C)C3(C)C)[C@@H](O)C[C@@H]1C. The molecule has 3 aliphatic carbocycles. The fourth-order valence-corrected chi connectivity index (χ4v) is 5.95. The maximum absolute atomic E-state index is 10.6. The average Bonchev–Trinajstić information content (AvgIpc) is 2.66. The van der Waals surface area contributed by atoms with Crippen molar-refractivity contribution in [2.75, 3.05) is 0 Å². The van der Waals surface area contributed by atoms with E-state index >= 15 is 0 Å². The third kappa shape index (κ3) is 1.76. The number of fused-ring (bicyclic) bond motifs is 2. The molecule has 0 saturated heterocycles. The van der Waals surface area contributed by atoms with Gasteiger partial charge in [-0.2, -0.15) is 0 Å². The molecule has 110 valence electrons. The molecule has 0 aromatic heterocycles. The first-order valence-corrected chi connectivity index (χ1v) is 8.45. The number of aliphatic hydroxyl groups is 1. The van der Waals surface area contributed by atoms with Gasteiger partial charge in [-0.1, -0.05) is 34.6 Å². The van der Waals surface area contributed by atoms with Crippen LogP contribution in [0.25, 0.3) is 0 Å². The molecule has 0 heterocycles. The fraction of sp³-hybridized carbons (Fsp3) is 1.00. The van der Waals surface area contributed by atoms with Crippen LogP contribution in [-0.2, 0) is 0 Å². The summed E-state index contributed by atoms with van der Waals surface area (Å²) >= 11 is 0. The molecule has 3 saturated carbocycles. The van der Waals surface area contributed by atoms with Crippen molar-refractivity contribution in [2.24, 2.45) is 40.4 Å². The van der Waals surface area contributed by atoms with Crippen LogP contribution in [0.2, 0.25) is 0 Å². The van der Waals surface area contributed by atoms with E-state index in [0.29, 0.717) is 22.7 Å². The lowest BCUT2D eigenvalue weighted by Crippen LogP contribution is -2.44. The van der Waals surface area contributed by atoms with Gasteiger partial charge in [0.25, 0.3) is 0 Å². The van der Waals surface area contributed by atoms with Gasteiger partial charge in [-0.05, 0) is 72.5 Å². The molecule has 2 bridgehead atoms. The predicted molar refractivity (Wildman–Crippen MR) is 79.8 cm³/mol. The molecule has 0 unspecified atom stereocenters. The number of hydrogen-bond donors (Lipinski definition) is 1. The van der Waals surface area contributed by atoms with Gasteiger partial charge < -0.3 is 5.11 Å². The highest BCUT2D eigenvalue weighted by atomic mass is 16.3. The maximum Gasteiger partial charge on any atom is 0.0574 e. The average molecular weight is 264 g/mol. The Kier molecular flexibility index (Phi) is 3.10. The van der Waals surface area contributed by atoms with E-state index in [1.807, 2.05) is 0 Å². The summed E-state index contributed by atoms with van der Waals surface area (Å²) in [6.45, 7) is 12.2. The molecule has 3 aliphatic rings. The van der Waals surface area contributed by atoms with Crippen LogP contribution in [0.15, 0.2) is 0 Å². The van der Waals surface area contributed by atoms with E-state index in [4.69, 9.17) is 0 Å². The van der Waals surface area contributed by atoms with Gasteiger partial charge in [0.05, 0.1) is 6.10 Å². The van der Waals surface area contributed by atoms with Crippen LogP contribution in [0, 0.1) is 40.4 Å². The summed E-state index contributed by atoms with van der Waals surface area (Å²) in [6.07, 6.45) is 6.45. The van der Waals surface area contributed by atoms with Crippen LogP contribution in [-0.4, -0.2) is 11.2 Å². The Morgan fingerprint density at radius 3 is 2.11 bits per heavy atom. The van der Waals surface area contributed by atoms with E-state index in [9.17, 15) is 5.11 Å². The Balaban J connectivity index is 1.84. The summed E-state index contributed by atoms with van der Waals surface area (Å²) in [5.74, 6) is 3.74. The Hall–Kier alpha value is -0.0400. The Morgan fingerprint density at radius 2 is 1.58 bits per heavy atom. The molecule has 19 heavy (non-hydrogen) atoms. The maximum atomic E-state index is 10.6. The first-order valence-electron chi connectivity index (χ1n) is 8.45. The lowest BCUT2D eigenvalue weighted by molar-refractivity contribution is -0.0469. The molecular weight excluding hydrogens is 232 g/mol. The first-order chi connectivity index (χ1) is 8.77. The molecule has 0 amide bonds. The van der Waals surface area contributed by atoms with Crippen molar-refractivity contribution in [3.05, 3.63) is 0 Å². The molecule has 0 spiro atoms. The van der Waals surface area contributed by atoms with E-state index in [-0.39, 0.29) is 6.10 Å². The lowest BCUT2D eigenvalue weighted by Gasteiger charge is -2.47. The summed E-state index contributed by atoms with van der Waals surface area (Å²) in [5, 5.41) is 10.6. The van der Waals surface area contributed by atoms with Crippen LogP contribution in [0.1, 0.15) is 66.7 Å². The minimum atomic E-state index is -0.0387. The zero-order valence-electron chi connectivity index (χ0n) is 13.4. The van der Waals surface area contributed by atoms with Crippen molar-refractivity contribution in [3.8, 4) is 0 Å². The second kappa shape index (κ2) is 4.23. The smallest absolute Gasteiger partial charge is 0.0574 e. The zero-order chi connectivity index (χ0) is 14.0. The standard InChI is InChI=1S/C18H32O/c1-11-8-14(16(19)9-12(11)2)15-10-13-6-7-18(15,5)17(13,3)4/h11-16,19H,6-10H2,1-5H3/t11-,12+,13-,14+,15-,16+,18-/m1/s1. The van der Waals surface area contributed by atoms with Crippen LogP contribution in [0.3, 0.4) is 0 Å². The largest absolute Gasteiger partial charge is 0.393 e. The third-order valence-electron chi connectivity index (χ3n) is 8.10. The third-order valence-corrected chi connectivity index (χ3v) is 8.10. The number of hydrogen-bond acceptors (Lipinski definition) is 1. The van der Waals surface area contributed by atoms with Crippen LogP contribution in [0.4, 0.5) is 0 Å². The summed E-state index contributed by atoms with van der Waals surface area (Å²) in [5.41, 5.74) is 0.966. The van der Waals surface area contributed by atoms with Crippen molar-refractivity contribution >= 4 is 0 Å². The predicted octanol–water partition coefficient (Wildman–Crippen LogP) is 4.49. The minimum absolute atomic E-state index is 0.0387. The lowest BCUT2D eigenvalue weighted by atomic mass is 9.58. The van der Waals surface area contributed by atoms with E-state index in [1.165, 1.54) is 25.7 Å². The van der Waals surface area contributed by atoms with Gasteiger partial charge >= 0.3 is 0 Å². The van der Waals surface area contributed by atoms with E-state index < -0.39 is 0 Å². The van der Waals surface area contributed by atoms with Gasteiger partial charge in [0.1, 0.15) is 0 Å². The van der Waals surface area contributed by atoms with Crippen molar-refractivity contribution in [1.82, 2.24) is 0 Å². The van der Waals surface area contributed by atoms with Crippen molar-refractivity contribution < 1.29 is 5.11 Å². The molecule has 3 fully saturated rings.